The maximum absolute atomic E-state index is 11.6. The minimum absolute atomic E-state index is 0.156. The Morgan fingerprint density at radius 2 is 2.06 bits per heavy atom. The topological polar surface area (TPSA) is 63.2 Å². The van der Waals surface area contributed by atoms with E-state index in [1.54, 1.807) is 0 Å². The van der Waals surface area contributed by atoms with Crippen LogP contribution in [-0.2, 0) is 14.6 Å². The first kappa shape index (κ1) is 13.2. The summed E-state index contributed by atoms with van der Waals surface area (Å²) in [5.74, 6) is -0.455. The van der Waals surface area contributed by atoms with Crippen molar-refractivity contribution in [1.82, 2.24) is 5.32 Å². The fourth-order valence-electron chi connectivity index (χ4n) is 1.13. The standard InChI is InChI=1S/C10H15NO3S2/c1-7(9-5-4-6-15-9)11-10(12)8(2)16(3,13)14/h4-8H,1-3H3,(H,11,12)/t7-,8-/m1/s1. The zero-order valence-corrected chi connectivity index (χ0v) is 11.1. The number of hydrogen-bond acceptors (Lipinski definition) is 4. The van der Waals surface area contributed by atoms with Crippen molar-refractivity contribution in [2.24, 2.45) is 0 Å². The van der Waals surface area contributed by atoms with Crippen LogP contribution in [0.5, 0.6) is 0 Å². The molecule has 1 N–H and O–H groups in total. The predicted molar refractivity (Wildman–Crippen MR) is 65.2 cm³/mol. The van der Waals surface area contributed by atoms with E-state index in [2.05, 4.69) is 5.32 Å². The van der Waals surface area contributed by atoms with Crippen molar-refractivity contribution in [3.8, 4) is 0 Å². The van der Waals surface area contributed by atoms with Gasteiger partial charge in [0.05, 0.1) is 6.04 Å². The quantitative estimate of drug-likeness (QED) is 0.890. The monoisotopic (exact) mass is 261 g/mol. The van der Waals surface area contributed by atoms with Gasteiger partial charge >= 0.3 is 0 Å². The van der Waals surface area contributed by atoms with E-state index >= 15 is 0 Å². The summed E-state index contributed by atoms with van der Waals surface area (Å²) in [5.41, 5.74) is 0. The zero-order chi connectivity index (χ0) is 12.3. The van der Waals surface area contributed by atoms with Gasteiger partial charge < -0.3 is 5.32 Å². The van der Waals surface area contributed by atoms with Crippen molar-refractivity contribution in [3.63, 3.8) is 0 Å². The van der Waals surface area contributed by atoms with Gasteiger partial charge in [0, 0.05) is 11.1 Å². The van der Waals surface area contributed by atoms with Crippen LogP contribution < -0.4 is 5.32 Å². The Balaban J connectivity index is 2.66. The van der Waals surface area contributed by atoms with Crippen LogP contribution in [0.2, 0.25) is 0 Å². The first-order chi connectivity index (χ1) is 7.32. The highest BCUT2D eigenvalue weighted by molar-refractivity contribution is 7.92. The Kier molecular flexibility index (Phi) is 4.09. The predicted octanol–water partition coefficient (Wildman–Crippen LogP) is 1.36. The van der Waals surface area contributed by atoms with E-state index in [4.69, 9.17) is 0 Å². The fraction of sp³-hybridized carbons (Fsp3) is 0.500. The Hall–Kier alpha value is -0.880. The van der Waals surface area contributed by atoms with E-state index in [1.165, 1.54) is 18.3 Å². The molecule has 1 amide bonds. The average Bonchev–Trinajstić information content (AvgIpc) is 2.67. The van der Waals surface area contributed by atoms with Crippen LogP contribution in [0.15, 0.2) is 17.5 Å². The van der Waals surface area contributed by atoms with Gasteiger partial charge in [-0.05, 0) is 25.3 Å². The summed E-state index contributed by atoms with van der Waals surface area (Å²) in [6.07, 6.45) is 1.06. The van der Waals surface area contributed by atoms with Crippen LogP contribution in [0.1, 0.15) is 24.8 Å². The molecule has 1 rings (SSSR count). The maximum Gasteiger partial charge on any atom is 0.238 e. The minimum atomic E-state index is -3.33. The third kappa shape index (κ3) is 3.31. The molecule has 1 aromatic heterocycles. The van der Waals surface area contributed by atoms with E-state index in [0.29, 0.717) is 0 Å². The molecule has 1 heterocycles. The van der Waals surface area contributed by atoms with E-state index in [1.807, 2.05) is 24.4 Å². The van der Waals surface area contributed by atoms with Gasteiger partial charge in [0.1, 0.15) is 5.25 Å². The number of carbonyl (C=O) groups is 1. The first-order valence-corrected chi connectivity index (χ1v) is 7.68. The molecule has 0 aliphatic carbocycles. The highest BCUT2D eigenvalue weighted by atomic mass is 32.2. The number of thiophene rings is 1. The molecule has 1 aromatic rings. The van der Waals surface area contributed by atoms with Crippen molar-refractivity contribution in [3.05, 3.63) is 22.4 Å². The van der Waals surface area contributed by atoms with Gasteiger partial charge in [0.15, 0.2) is 9.84 Å². The third-order valence-electron chi connectivity index (χ3n) is 2.34. The second-order valence-electron chi connectivity index (χ2n) is 3.72. The highest BCUT2D eigenvalue weighted by Crippen LogP contribution is 2.18. The van der Waals surface area contributed by atoms with Crippen molar-refractivity contribution >= 4 is 27.1 Å². The van der Waals surface area contributed by atoms with E-state index in [0.717, 1.165) is 11.1 Å². The maximum atomic E-state index is 11.6. The largest absolute Gasteiger partial charge is 0.348 e. The molecule has 4 nitrogen and oxygen atoms in total. The number of rotatable bonds is 4. The average molecular weight is 261 g/mol. The number of sulfone groups is 1. The summed E-state index contributed by atoms with van der Waals surface area (Å²) >= 11 is 1.53. The number of carbonyl (C=O) groups excluding carboxylic acids is 1. The molecule has 0 saturated carbocycles. The molecule has 0 unspecified atom stereocenters. The van der Waals surface area contributed by atoms with Crippen molar-refractivity contribution < 1.29 is 13.2 Å². The molecule has 0 aromatic carbocycles. The summed E-state index contributed by atoms with van der Waals surface area (Å²) < 4.78 is 22.4. The van der Waals surface area contributed by atoms with Crippen LogP contribution in [0.3, 0.4) is 0 Å². The lowest BCUT2D eigenvalue weighted by Crippen LogP contribution is -2.38. The van der Waals surface area contributed by atoms with Gasteiger partial charge in [-0.1, -0.05) is 6.07 Å². The molecular weight excluding hydrogens is 246 g/mol. The Morgan fingerprint density at radius 3 is 2.50 bits per heavy atom. The summed E-state index contributed by atoms with van der Waals surface area (Å²) in [7, 11) is -3.33. The van der Waals surface area contributed by atoms with Gasteiger partial charge in [0.2, 0.25) is 5.91 Å². The second kappa shape index (κ2) is 4.97. The normalized spacial score (nSPS) is 15.4. The molecule has 2 atom stereocenters. The number of nitrogens with one attached hydrogen (secondary N) is 1. The van der Waals surface area contributed by atoms with Crippen molar-refractivity contribution in [2.45, 2.75) is 25.1 Å². The molecule has 0 aliphatic heterocycles. The van der Waals surface area contributed by atoms with E-state index < -0.39 is 21.0 Å². The van der Waals surface area contributed by atoms with Crippen LogP contribution in [0.25, 0.3) is 0 Å². The molecule has 90 valence electrons. The lowest BCUT2D eigenvalue weighted by molar-refractivity contribution is -0.121. The summed E-state index contributed by atoms with van der Waals surface area (Å²) in [5, 5.41) is 3.59. The Bertz CT molecular complexity index is 450. The molecule has 6 heteroatoms. The number of amides is 1. The molecule has 0 aliphatic rings. The molecule has 0 radical (unpaired) electrons. The van der Waals surface area contributed by atoms with Gasteiger partial charge in [-0.15, -0.1) is 11.3 Å². The lowest BCUT2D eigenvalue weighted by atomic mass is 10.2. The van der Waals surface area contributed by atoms with Crippen LogP contribution in [0.4, 0.5) is 0 Å². The minimum Gasteiger partial charge on any atom is -0.348 e. The fourth-order valence-corrected chi connectivity index (χ4v) is 2.33. The Morgan fingerprint density at radius 1 is 1.44 bits per heavy atom. The third-order valence-corrected chi connectivity index (χ3v) is 4.89. The van der Waals surface area contributed by atoms with Gasteiger partial charge in [-0.3, -0.25) is 4.79 Å². The van der Waals surface area contributed by atoms with Crippen LogP contribution >= 0.6 is 11.3 Å². The van der Waals surface area contributed by atoms with Crippen LogP contribution in [-0.4, -0.2) is 25.8 Å². The summed E-state index contributed by atoms with van der Waals surface area (Å²) in [6, 6.07) is 3.64. The Labute approximate surface area is 99.6 Å². The number of hydrogen-bond donors (Lipinski definition) is 1. The van der Waals surface area contributed by atoms with Crippen molar-refractivity contribution in [1.29, 1.82) is 0 Å². The molecule has 0 spiro atoms. The summed E-state index contributed by atoms with van der Waals surface area (Å²) in [6.45, 7) is 3.23. The molecule has 0 bridgehead atoms. The SMILES string of the molecule is C[C@H](C(=O)N[C@H](C)c1cccs1)S(C)(=O)=O. The first-order valence-electron chi connectivity index (χ1n) is 4.85. The molecule has 0 saturated heterocycles. The van der Waals surface area contributed by atoms with Gasteiger partial charge in [-0.25, -0.2) is 8.42 Å². The van der Waals surface area contributed by atoms with Gasteiger partial charge in [-0.2, -0.15) is 0 Å². The van der Waals surface area contributed by atoms with E-state index in [9.17, 15) is 13.2 Å². The van der Waals surface area contributed by atoms with E-state index in [-0.39, 0.29) is 6.04 Å². The smallest absolute Gasteiger partial charge is 0.238 e. The second-order valence-corrected chi connectivity index (χ2v) is 7.06. The molecular formula is C10H15NO3S2. The lowest BCUT2D eigenvalue weighted by Gasteiger charge is -2.15. The molecule has 16 heavy (non-hydrogen) atoms. The summed E-state index contributed by atoms with van der Waals surface area (Å²) in [4.78, 5) is 12.6. The van der Waals surface area contributed by atoms with Crippen LogP contribution in [0, 0.1) is 0 Å². The highest BCUT2D eigenvalue weighted by Gasteiger charge is 2.24. The molecule has 0 fully saturated rings. The zero-order valence-electron chi connectivity index (χ0n) is 9.43. The van der Waals surface area contributed by atoms with Gasteiger partial charge in [0.25, 0.3) is 0 Å². The van der Waals surface area contributed by atoms with Crippen molar-refractivity contribution in [2.75, 3.05) is 6.26 Å².